The largest absolute Gasteiger partial charge is 0.370 e. The van der Waals surface area contributed by atoms with Crippen molar-refractivity contribution in [3.8, 4) is 0 Å². The molecular formula is C31H43N6OP. The molecular weight excluding hydrogens is 503 g/mol. The Morgan fingerprint density at radius 2 is 1.23 bits per heavy atom. The number of hydrogen-bond donors (Lipinski definition) is 3. The molecule has 0 aliphatic carbocycles. The number of nitrogens with two attached hydrogens (primary N) is 1. The van der Waals surface area contributed by atoms with E-state index in [1.807, 2.05) is 0 Å². The minimum absolute atomic E-state index is 0. The smallest absolute Gasteiger partial charge is 0.239 e. The van der Waals surface area contributed by atoms with Crippen LogP contribution in [0, 0.1) is 12.8 Å². The molecule has 1 heterocycles. The van der Waals surface area contributed by atoms with Gasteiger partial charge in [0, 0.05) is 52.9 Å². The van der Waals surface area contributed by atoms with Gasteiger partial charge < -0.3 is 23.4 Å². The maximum Gasteiger partial charge on any atom is 0.239 e. The Kier molecular flexibility index (Phi) is 11.5. The first-order valence-corrected chi connectivity index (χ1v) is 15.3. The molecule has 0 saturated carbocycles. The number of amides is 1. The Labute approximate surface area is 234 Å². The van der Waals surface area contributed by atoms with Gasteiger partial charge in [-0.15, -0.1) is 0 Å². The zero-order chi connectivity index (χ0) is 26.8. The fourth-order valence-corrected chi connectivity index (χ4v) is 9.41. The number of hydrogen-bond acceptors (Lipinski definition) is 4. The van der Waals surface area contributed by atoms with Crippen LogP contribution in [-0.4, -0.2) is 92.1 Å². The topological polar surface area (TPSA) is 88.7 Å². The third kappa shape index (κ3) is 7.89. The van der Waals surface area contributed by atoms with Gasteiger partial charge in [0.25, 0.3) is 0 Å². The molecule has 0 radical (unpaired) electrons. The average molecular weight is 547 g/mol. The molecule has 8 heteroatoms. The molecule has 0 spiro atoms. The lowest BCUT2D eigenvalue weighted by Gasteiger charge is -2.36. The summed E-state index contributed by atoms with van der Waals surface area (Å²) in [7, 11) is -0.169. The number of nitrogens with zero attached hydrogens (tertiary/aromatic N) is 3. The van der Waals surface area contributed by atoms with Crippen LogP contribution in [0.25, 0.3) is 0 Å². The lowest BCUT2D eigenvalue weighted by molar-refractivity contribution is -0.121. The van der Waals surface area contributed by atoms with Crippen molar-refractivity contribution in [1.82, 2.24) is 20.0 Å². The second-order valence-electron chi connectivity index (χ2n) is 9.81. The molecule has 0 bridgehead atoms. The Bertz CT molecular complexity index is 1060. The van der Waals surface area contributed by atoms with Crippen molar-refractivity contribution >= 4 is 35.0 Å². The number of carbonyl (C=O) groups excluding carboxylic acids is 1. The number of benzene rings is 3. The summed E-state index contributed by atoms with van der Waals surface area (Å²) in [5.41, 5.74) is 5.41. The van der Waals surface area contributed by atoms with E-state index in [0.29, 0.717) is 6.54 Å². The first-order chi connectivity index (χ1) is 18.5. The minimum atomic E-state index is -1.81. The van der Waals surface area contributed by atoms with E-state index >= 15 is 0 Å². The highest BCUT2D eigenvalue weighted by Gasteiger charge is 2.45. The number of rotatable bonds is 11. The lowest BCUT2D eigenvalue weighted by atomic mass is 10.3. The van der Waals surface area contributed by atoms with Gasteiger partial charge in [0.2, 0.25) is 5.91 Å². The number of likely N-dealkylation sites (N-methyl/N-ethyl adjacent to an activating group) is 1. The summed E-state index contributed by atoms with van der Waals surface area (Å²) < 4.78 is 0. The molecule has 1 aliphatic heterocycles. The van der Waals surface area contributed by atoms with Gasteiger partial charge in [0.15, 0.2) is 5.96 Å². The van der Waals surface area contributed by atoms with Gasteiger partial charge in [0.05, 0.1) is 12.7 Å². The summed E-state index contributed by atoms with van der Waals surface area (Å²) in [6.07, 6.45) is 1.10. The summed E-state index contributed by atoms with van der Waals surface area (Å²) >= 11 is 0. The predicted octanol–water partition coefficient (Wildman–Crippen LogP) is 1.99. The van der Waals surface area contributed by atoms with Crippen LogP contribution in [0.2, 0.25) is 0 Å². The molecule has 39 heavy (non-hydrogen) atoms. The highest BCUT2D eigenvalue weighted by atomic mass is 31.2. The summed E-state index contributed by atoms with van der Waals surface area (Å²) in [6.45, 7) is 6.65. The summed E-state index contributed by atoms with van der Waals surface area (Å²) in [4.78, 5) is 18.5. The molecule has 208 valence electrons. The van der Waals surface area contributed by atoms with Crippen molar-refractivity contribution in [2.75, 3.05) is 65.6 Å². The molecule has 1 saturated heterocycles. The van der Waals surface area contributed by atoms with E-state index in [4.69, 9.17) is 11.1 Å². The predicted molar refractivity (Wildman–Crippen MR) is 167 cm³/mol. The van der Waals surface area contributed by atoms with Crippen LogP contribution in [0.3, 0.4) is 0 Å². The minimum Gasteiger partial charge on any atom is -0.370 e. The van der Waals surface area contributed by atoms with Gasteiger partial charge >= 0.3 is 0 Å². The fourth-order valence-electron chi connectivity index (χ4n) is 5.12. The first kappa shape index (κ1) is 30.3. The van der Waals surface area contributed by atoms with E-state index in [-0.39, 0.29) is 25.8 Å². The molecule has 1 amide bonds. The molecule has 0 aromatic heterocycles. The SMILES string of the molecule is CN(CC(=O)NCCN1CCN(CC[P+](c2ccccc2)(c2ccccc2)c2ccccc2)CC1)C(=N)N.[CH3-]. The molecule has 1 aliphatic rings. The molecule has 0 atom stereocenters. The van der Waals surface area contributed by atoms with Crippen LogP contribution in [0.15, 0.2) is 91.0 Å². The monoisotopic (exact) mass is 546 g/mol. The molecule has 7 nitrogen and oxygen atoms in total. The van der Waals surface area contributed by atoms with Crippen molar-refractivity contribution in [3.05, 3.63) is 98.4 Å². The van der Waals surface area contributed by atoms with Crippen LogP contribution in [0.5, 0.6) is 0 Å². The van der Waals surface area contributed by atoms with Crippen LogP contribution in [-0.2, 0) is 4.79 Å². The van der Waals surface area contributed by atoms with Crippen molar-refractivity contribution in [3.63, 3.8) is 0 Å². The molecule has 3 aromatic carbocycles. The van der Waals surface area contributed by atoms with E-state index in [2.05, 4.69) is 106 Å². The Morgan fingerprint density at radius 3 is 1.64 bits per heavy atom. The Balaban J connectivity index is 0.00000420. The second-order valence-corrected chi connectivity index (χ2v) is 13.4. The quantitative estimate of drug-likeness (QED) is 0.148. The first-order valence-electron chi connectivity index (χ1n) is 13.3. The Morgan fingerprint density at radius 1 is 0.821 bits per heavy atom. The molecule has 4 rings (SSSR count). The van der Waals surface area contributed by atoms with Gasteiger partial charge in [-0.25, -0.2) is 0 Å². The van der Waals surface area contributed by atoms with E-state index in [1.165, 1.54) is 20.8 Å². The third-order valence-electron chi connectivity index (χ3n) is 7.35. The number of guanidine groups is 1. The summed E-state index contributed by atoms with van der Waals surface area (Å²) in [6, 6.07) is 33.2. The average Bonchev–Trinajstić information content (AvgIpc) is 2.96. The number of piperazine rings is 1. The van der Waals surface area contributed by atoms with E-state index < -0.39 is 7.26 Å². The van der Waals surface area contributed by atoms with Gasteiger partial charge in [-0.1, -0.05) is 54.6 Å². The van der Waals surface area contributed by atoms with Gasteiger partial charge in [0.1, 0.15) is 23.2 Å². The van der Waals surface area contributed by atoms with Gasteiger partial charge in [-0.3, -0.25) is 20.0 Å². The van der Waals surface area contributed by atoms with Crippen LogP contribution in [0.4, 0.5) is 0 Å². The number of carbonyl (C=O) groups is 1. The van der Waals surface area contributed by atoms with Crippen molar-refractivity contribution in [2.24, 2.45) is 5.73 Å². The van der Waals surface area contributed by atoms with Crippen molar-refractivity contribution in [2.45, 2.75) is 0 Å². The zero-order valence-electron chi connectivity index (χ0n) is 23.3. The van der Waals surface area contributed by atoms with E-state index in [9.17, 15) is 4.79 Å². The second kappa shape index (κ2) is 14.8. The van der Waals surface area contributed by atoms with Crippen LogP contribution >= 0.6 is 7.26 Å². The molecule has 1 fully saturated rings. The summed E-state index contributed by atoms with van der Waals surface area (Å²) in [5.74, 6) is -0.209. The molecule has 0 unspecified atom stereocenters. The third-order valence-corrected chi connectivity index (χ3v) is 11.8. The van der Waals surface area contributed by atoms with Crippen LogP contribution in [0.1, 0.15) is 0 Å². The van der Waals surface area contributed by atoms with Crippen LogP contribution < -0.4 is 27.0 Å². The normalized spacial score (nSPS) is 14.3. The zero-order valence-corrected chi connectivity index (χ0v) is 24.2. The maximum absolute atomic E-state index is 12.1. The van der Waals surface area contributed by atoms with Gasteiger partial charge in [-0.05, 0) is 36.4 Å². The fraction of sp³-hybridized carbons (Fsp3) is 0.323. The Hall–Kier alpha value is -3.25. The molecule has 4 N–H and O–H groups in total. The van der Waals surface area contributed by atoms with E-state index in [1.54, 1.807) is 7.05 Å². The lowest BCUT2D eigenvalue weighted by Crippen LogP contribution is -2.50. The van der Waals surface area contributed by atoms with E-state index in [0.717, 1.165) is 45.4 Å². The summed E-state index contributed by atoms with van der Waals surface area (Å²) in [5, 5.41) is 14.6. The number of nitrogens with one attached hydrogen (secondary N) is 2. The molecule has 3 aromatic rings. The standard InChI is InChI=1S/C30H39N6OP.CH3/c1-34(30(31)32)25-29(37)33-17-18-35-19-21-36(22-20-35)23-24-38(26-11-5-2-6-12-26,27-13-7-3-8-14-27)28-15-9-4-10-16-28;/h2-16H,17-25H2,1H3,(H3-,31,32,33,37);1H3/q;-1/p+1. The van der Waals surface area contributed by atoms with Gasteiger partial charge in [-0.2, -0.15) is 0 Å². The maximum atomic E-state index is 12.1. The highest BCUT2D eigenvalue weighted by Crippen LogP contribution is 2.55. The van der Waals surface area contributed by atoms with Crippen molar-refractivity contribution in [1.29, 1.82) is 5.41 Å². The van der Waals surface area contributed by atoms with Crippen molar-refractivity contribution < 1.29 is 4.79 Å². The highest BCUT2D eigenvalue weighted by molar-refractivity contribution is 7.95.